The fraction of sp³-hybridized carbons (Fsp3) is 0.294. The number of hydrogen-bond donors (Lipinski definition) is 1. The van der Waals surface area contributed by atoms with E-state index < -0.39 is 5.97 Å². The maximum Gasteiger partial charge on any atom is 0.337 e. The molecule has 0 unspecified atom stereocenters. The molecule has 8 rings (SSSR count). The molecule has 1 N–H and O–H groups in total. The van der Waals surface area contributed by atoms with E-state index in [0.717, 1.165) is 72.3 Å². The molecule has 0 spiro atoms. The standard InChI is InChI=1S/C34H28Cl3N3O4/c35-27-2-1-3-28(36)31(27)32-26(33(44-38-32)18-4-5-18)17-43-22-9-10-23(29(37)13-22)19-14-39(15-19)21-8-11-30-24(12-21)25(34(41)42)16-40(30)20-6-7-20/h1-3,8-13,16,18-20H,4-7,14-15,17H2,(H,41,42). The minimum Gasteiger partial charge on any atom is -0.489 e. The third kappa shape index (κ3) is 4.91. The predicted octanol–water partition coefficient (Wildman–Crippen LogP) is 9.35. The number of anilines is 1. The van der Waals surface area contributed by atoms with E-state index in [1.165, 1.54) is 0 Å². The normalized spacial score (nSPS) is 16.8. The van der Waals surface area contributed by atoms with Crippen LogP contribution in [0.4, 0.5) is 5.69 Å². The summed E-state index contributed by atoms with van der Waals surface area (Å²) in [6.07, 6.45) is 6.10. The highest BCUT2D eigenvalue weighted by Crippen LogP contribution is 2.46. The largest absolute Gasteiger partial charge is 0.489 e. The van der Waals surface area contributed by atoms with Gasteiger partial charge in [0.1, 0.15) is 23.8 Å². The quantitative estimate of drug-likeness (QED) is 0.172. The Hall–Kier alpha value is -3.65. The van der Waals surface area contributed by atoms with Gasteiger partial charge in [-0.3, -0.25) is 0 Å². The zero-order chi connectivity index (χ0) is 30.1. The minimum absolute atomic E-state index is 0.252. The predicted molar refractivity (Wildman–Crippen MR) is 172 cm³/mol. The molecule has 3 fully saturated rings. The molecule has 2 saturated carbocycles. The van der Waals surface area contributed by atoms with Crippen LogP contribution in [0.1, 0.15) is 70.8 Å². The summed E-state index contributed by atoms with van der Waals surface area (Å²) in [5.41, 5.74) is 5.55. The summed E-state index contributed by atoms with van der Waals surface area (Å²) in [5.74, 6) is 1.18. The van der Waals surface area contributed by atoms with Crippen LogP contribution in [0.25, 0.3) is 22.2 Å². The number of halogens is 3. The molecule has 7 nitrogen and oxygen atoms in total. The number of benzene rings is 3. The van der Waals surface area contributed by atoms with Crippen molar-refractivity contribution in [3.05, 3.63) is 98.3 Å². The Kier molecular flexibility index (Phi) is 6.81. The third-order valence-electron chi connectivity index (χ3n) is 9.00. The van der Waals surface area contributed by atoms with Crippen LogP contribution in [0.3, 0.4) is 0 Å². The molecular weight excluding hydrogens is 621 g/mol. The van der Waals surface area contributed by atoms with Crippen LogP contribution in [-0.4, -0.2) is 33.9 Å². The zero-order valence-electron chi connectivity index (χ0n) is 23.6. The SMILES string of the molecule is O=C(O)c1cn(C2CC2)c2ccc(N3CC(c4ccc(OCc5c(-c6c(Cl)cccc6Cl)noc5C5CC5)cc4Cl)C3)cc12. The van der Waals surface area contributed by atoms with Crippen molar-refractivity contribution in [1.82, 2.24) is 9.72 Å². The molecule has 3 heterocycles. The highest BCUT2D eigenvalue weighted by Gasteiger charge is 2.34. The second-order valence-corrected chi connectivity index (χ2v) is 13.2. The second-order valence-electron chi connectivity index (χ2n) is 12.0. The smallest absolute Gasteiger partial charge is 0.337 e. The number of nitrogens with zero attached hydrogens (tertiary/aromatic N) is 3. The van der Waals surface area contributed by atoms with Gasteiger partial charge in [-0.05, 0) is 73.7 Å². The average molecular weight is 649 g/mol. The minimum atomic E-state index is -0.890. The van der Waals surface area contributed by atoms with Crippen molar-refractivity contribution in [3.8, 4) is 17.0 Å². The molecule has 0 atom stereocenters. The van der Waals surface area contributed by atoms with Crippen LogP contribution in [0.2, 0.25) is 15.1 Å². The fourth-order valence-electron chi connectivity index (χ4n) is 6.28. The Labute approximate surface area is 268 Å². The highest BCUT2D eigenvalue weighted by molar-refractivity contribution is 6.39. The first kappa shape index (κ1) is 27.9. The van der Waals surface area contributed by atoms with E-state index in [1.54, 1.807) is 24.4 Å². The molecule has 1 aliphatic heterocycles. The number of rotatable bonds is 9. The van der Waals surface area contributed by atoms with E-state index >= 15 is 0 Å². The number of carboxylic acids is 1. The molecule has 2 aliphatic carbocycles. The van der Waals surface area contributed by atoms with E-state index in [9.17, 15) is 9.90 Å². The number of carboxylic acid groups (broad SMARTS) is 1. The van der Waals surface area contributed by atoms with Crippen molar-refractivity contribution in [3.63, 3.8) is 0 Å². The van der Waals surface area contributed by atoms with Crippen molar-refractivity contribution in [2.24, 2.45) is 0 Å². The molecule has 2 aromatic heterocycles. The van der Waals surface area contributed by atoms with Gasteiger partial charge in [-0.15, -0.1) is 0 Å². The summed E-state index contributed by atoms with van der Waals surface area (Å²) in [4.78, 5) is 14.2. The number of hydrogen-bond acceptors (Lipinski definition) is 5. The molecule has 5 aromatic rings. The maximum atomic E-state index is 11.9. The lowest BCUT2D eigenvalue weighted by Crippen LogP contribution is -2.45. The average Bonchev–Trinajstić information content (AvgIpc) is 3.92. The maximum absolute atomic E-state index is 11.9. The number of carbonyl (C=O) groups is 1. The molecule has 10 heteroatoms. The highest BCUT2D eigenvalue weighted by atomic mass is 35.5. The van der Waals surface area contributed by atoms with Crippen LogP contribution in [0.5, 0.6) is 5.75 Å². The zero-order valence-corrected chi connectivity index (χ0v) is 25.9. The summed E-state index contributed by atoms with van der Waals surface area (Å²) in [5, 5.41) is 16.6. The molecule has 3 aromatic carbocycles. The third-order valence-corrected chi connectivity index (χ3v) is 9.95. The summed E-state index contributed by atoms with van der Waals surface area (Å²) < 4.78 is 14.1. The van der Waals surface area contributed by atoms with Crippen molar-refractivity contribution in [2.75, 3.05) is 18.0 Å². The molecule has 0 amide bonds. The summed E-state index contributed by atoms with van der Waals surface area (Å²) in [6.45, 7) is 1.84. The van der Waals surface area contributed by atoms with Crippen LogP contribution in [-0.2, 0) is 6.61 Å². The van der Waals surface area contributed by atoms with Crippen LogP contribution < -0.4 is 9.64 Å². The first-order valence-corrected chi connectivity index (χ1v) is 16.0. The summed E-state index contributed by atoms with van der Waals surface area (Å²) >= 11 is 19.8. The number of fused-ring (bicyclic) bond motifs is 1. The molecule has 224 valence electrons. The lowest BCUT2D eigenvalue weighted by Gasteiger charge is -2.41. The van der Waals surface area contributed by atoms with Crippen molar-refractivity contribution >= 4 is 57.4 Å². The topological polar surface area (TPSA) is 80.7 Å². The number of ether oxygens (including phenoxy) is 1. The van der Waals surface area contributed by atoms with Crippen molar-refractivity contribution in [1.29, 1.82) is 0 Å². The van der Waals surface area contributed by atoms with Gasteiger partial charge in [-0.25, -0.2) is 4.79 Å². The molecule has 44 heavy (non-hydrogen) atoms. The van der Waals surface area contributed by atoms with E-state index in [-0.39, 0.29) is 12.5 Å². The Morgan fingerprint density at radius 2 is 1.73 bits per heavy atom. The van der Waals surface area contributed by atoms with Crippen molar-refractivity contribution < 1.29 is 19.2 Å². The monoisotopic (exact) mass is 647 g/mol. The van der Waals surface area contributed by atoms with Gasteiger partial charge in [0.25, 0.3) is 0 Å². The molecule has 1 saturated heterocycles. The van der Waals surface area contributed by atoms with Gasteiger partial charge in [0, 0.05) is 64.3 Å². The van der Waals surface area contributed by atoms with Gasteiger partial charge in [0.15, 0.2) is 0 Å². The Morgan fingerprint density at radius 1 is 0.955 bits per heavy atom. The van der Waals surface area contributed by atoms with Gasteiger partial charge >= 0.3 is 5.97 Å². The molecule has 3 aliphatic rings. The second kappa shape index (κ2) is 10.8. The Bertz CT molecular complexity index is 1920. The van der Waals surface area contributed by atoms with Crippen LogP contribution >= 0.6 is 34.8 Å². The van der Waals surface area contributed by atoms with E-state index in [4.69, 9.17) is 44.1 Å². The van der Waals surface area contributed by atoms with E-state index in [1.807, 2.05) is 24.3 Å². The number of aromatic nitrogens is 2. The lowest BCUT2D eigenvalue weighted by molar-refractivity contribution is 0.0698. The van der Waals surface area contributed by atoms with Gasteiger partial charge in [0.05, 0.1) is 21.2 Å². The van der Waals surface area contributed by atoms with E-state index in [0.29, 0.717) is 49.6 Å². The fourth-order valence-corrected chi connectivity index (χ4v) is 7.18. The first-order chi connectivity index (χ1) is 21.4. The molecule has 0 radical (unpaired) electrons. The van der Waals surface area contributed by atoms with Crippen LogP contribution in [0.15, 0.2) is 65.3 Å². The molecular formula is C34H28Cl3N3O4. The van der Waals surface area contributed by atoms with Gasteiger partial charge < -0.3 is 23.8 Å². The Morgan fingerprint density at radius 3 is 2.41 bits per heavy atom. The molecule has 0 bridgehead atoms. The van der Waals surface area contributed by atoms with E-state index in [2.05, 4.69) is 26.8 Å². The van der Waals surface area contributed by atoms with Gasteiger partial charge in [-0.1, -0.05) is 52.1 Å². The van der Waals surface area contributed by atoms with Gasteiger partial charge in [0.2, 0.25) is 0 Å². The van der Waals surface area contributed by atoms with Crippen molar-refractivity contribution in [2.45, 2.75) is 50.2 Å². The lowest BCUT2D eigenvalue weighted by atomic mass is 9.90. The summed E-state index contributed by atoms with van der Waals surface area (Å²) in [7, 11) is 0. The first-order valence-electron chi connectivity index (χ1n) is 14.8. The Balaban J connectivity index is 0.976. The summed E-state index contributed by atoms with van der Waals surface area (Å²) in [6, 6.07) is 17.8. The number of aromatic carboxylic acids is 1. The van der Waals surface area contributed by atoms with Crippen LogP contribution in [0, 0.1) is 0 Å². The van der Waals surface area contributed by atoms with Gasteiger partial charge in [-0.2, -0.15) is 0 Å².